The van der Waals surface area contributed by atoms with Crippen molar-refractivity contribution in [2.45, 2.75) is 46.1 Å². The van der Waals surface area contributed by atoms with E-state index >= 15 is 0 Å². The number of allylic oxidation sites excluding steroid dienone is 1. The van der Waals surface area contributed by atoms with Crippen molar-refractivity contribution in [1.82, 2.24) is 0 Å². The van der Waals surface area contributed by atoms with Crippen LogP contribution >= 0.6 is 0 Å². The molecule has 0 fully saturated rings. The molecule has 0 saturated heterocycles. The number of nitrogens with zero attached hydrogens (tertiary/aromatic N) is 1. The summed E-state index contributed by atoms with van der Waals surface area (Å²) in [5, 5.41) is 0. The molecular weight excluding hydrogens is 160 g/mol. The zero-order valence-electron chi connectivity index (χ0n) is 9.03. The highest BCUT2D eigenvalue weighted by atomic mass is 14.8. The van der Waals surface area contributed by atoms with Crippen LogP contribution in [0.5, 0.6) is 0 Å². The summed E-state index contributed by atoms with van der Waals surface area (Å²) in [6.07, 6.45) is 8.64. The van der Waals surface area contributed by atoms with E-state index < -0.39 is 0 Å². The van der Waals surface area contributed by atoms with Crippen LogP contribution in [0.15, 0.2) is 17.3 Å². The van der Waals surface area contributed by atoms with Gasteiger partial charge in [0.25, 0.3) is 0 Å². The minimum atomic E-state index is 0.473. The molecular formula is C11H22N2. The maximum absolute atomic E-state index is 5.22. The van der Waals surface area contributed by atoms with Crippen molar-refractivity contribution in [1.29, 1.82) is 0 Å². The van der Waals surface area contributed by atoms with Crippen LogP contribution in [0.2, 0.25) is 0 Å². The lowest BCUT2D eigenvalue weighted by molar-refractivity contribution is 0.473. The molecule has 0 aliphatic carbocycles. The molecule has 13 heavy (non-hydrogen) atoms. The Morgan fingerprint density at radius 2 is 2.08 bits per heavy atom. The SMILES string of the molecule is CCCC(CC(C)C)N=C/C=C\N. The lowest BCUT2D eigenvalue weighted by Gasteiger charge is -2.12. The van der Waals surface area contributed by atoms with Gasteiger partial charge in [-0.3, -0.25) is 4.99 Å². The Labute approximate surface area is 81.9 Å². The van der Waals surface area contributed by atoms with Crippen molar-refractivity contribution in [2.75, 3.05) is 0 Å². The van der Waals surface area contributed by atoms with E-state index in [1.807, 2.05) is 6.21 Å². The summed E-state index contributed by atoms with van der Waals surface area (Å²) in [6.45, 7) is 6.66. The predicted molar refractivity (Wildman–Crippen MR) is 60.0 cm³/mol. The van der Waals surface area contributed by atoms with Crippen molar-refractivity contribution in [2.24, 2.45) is 16.6 Å². The minimum Gasteiger partial charge on any atom is -0.405 e. The molecule has 1 unspecified atom stereocenters. The molecule has 2 nitrogen and oxygen atoms in total. The van der Waals surface area contributed by atoms with Crippen molar-refractivity contribution in [3.8, 4) is 0 Å². The average molecular weight is 182 g/mol. The van der Waals surface area contributed by atoms with Crippen molar-refractivity contribution in [3.63, 3.8) is 0 Å². The van der Waals surface area contributed by atoms with E-state index in [1.54, 1.807) is 6.08 Å². The molecule has 0 amide bonds. The molecule has 2 heteroatoms. The van der Waals surface area contributed by atoms with E-state index in [1.165, 1.54) is 25.5 Å². The highest BCUT2D eigenvalue weighted by Crippen LogP contribution is 2.12. The summed E-state index contributed by atoms with van der Waals surface area (Å²) in [5.41, 5.74) is 5.22. The quantitative estimate of drug-likeness (QED) is 0.630. The Bertz CT molecular complexity index is 159. The van der Waals surface area contributed by atoms with E-state index in [9.17, 15) is 0 Å². The number of aliphatic imine (C=N–C) groups is 1. The minimum absolute atomic E-state index is 0.473. The lowest BCUT2D eigenvalue weighted by Crippen LogP contribution is -2.08. The fraction of sp³-hybridized carbons (Fsp3) is 0.727. The van der Waals surface area contributed by atoms with Crippen molar-refractivity contribution < 1.29 is 0 Å². The first kappa shape index (κ1) is 12.2. The fourth-order valence-electron chi connectivity index (χ4n) is 1.35. The number of rotatable bonds is 6. The topological polar surface area (TPSA) is 38.4 Å². The predicted octanol–water partition coefficient (Wildman–Crippen LogP) is 2.74. The third kappa shape index (κ3) is 7.57. The summed E-state index contributed by atoms with van der Waals surface area (Å²) in [4.78, 5) is 4.45. The molecule has 0 spiro atoms. The molecule has 0 aromatic carbocycles. The number of hydrogen-bond donors (Lipinski definition) is 1. The Balaban J connectivity index is 3.92. The fourth-order valence-corrected chi connectivity index (χ4v) is 1.35. The monoisotopic (exact) mass is 182 g/mol. The van der Waals surface area contributed by atoms with E-state index in [2.05, 4.69) is 25.8 Å². The average Bonchev–Trinajstić information content (AvgIpc) is 2.04. The molecule has 0 heterocycles. The van der Waals surface area contributed by atoms with E-state index in [0.717, 1.165) is 5.92 Å². The first-order valence-corrected chi connectivity index (χ1v) is 5.10. The summed E-state index contributed by atoms with van der Waals surface area (Å²) in [5.74, 6) is 0.718. The van der Waals surface area contributed by atoms with Crippen molar-refractivity contribution in [3.05, 3.63) is 12.3 Å². The second kappa shape index (κ2) is 7.84. The smallest absolute Gasteiger partial charge is 0.0501 e. The number of nitrogens with two attached hydrogens (primary N) is 1. The molecule has 0 aromatic rings. The Hall–Kier alpha value is -0.790. The van der Waals surface area contributed by atoms with E-state index in [4.69, 9.17) is 5.73 Å². The largest absolute Gasteiger partial charge is 0.405 e. The van der Waals surface area contributed by atoms with Gasteiger partial charge in [-0.2, -0.15) is 0 Å². The molecule has 0 bridgehead atoms. The highest BCUT2D eigenvalue weighted by Gasteiger charge is 2.06. The summed E-state index contributed by atoms with van der Waals surface area (Å²) in [6, 6.07) is 0.473. The molecule has 2 N–H and O–H groups in total. The zero-order chi connectivity index (χ0) is 10.1. The van der Waals surface area contributed by atoms with Gasteiger partial charge < -0.3 is 5.73 Å². The summed E-state index contributed by atoms with van der Waals surface area (Å²) < 4.78 is 0. The van der Waals surface area contributed by atoms with Gasteiger partial charge in [0, 0.05) is 6.21 Å². The van der Waals surface area contributed by atoms with Gasteiger partial charge >= 0.3 is 0 Å². The first-order chi connectivity index (χ1) is 6.20. The van der Waals surface area contributed by atoms with Crippen LogP contribution in [0.1, 0.15) is 40.0 Å². The van der Waals surface area contributed by atoms with Gasteiger partial charge in [-0.1, -0.05) is 27.2 Å². The molecule has 76 valence electrons. The molecule has 0 aliphatic heterocycles. The van der Waals surface area contributed by atoms with Crippen LogP contribution in [0, 0.1) is 5.92 Å². The molecule has 0 aromatic heterocycles. The molecule has 0 saturated carbocycles. The third-order valence-electron chi connectivity index (χ3n) is 1.86. The second-order valence-electron chi connectivity index (χ2n) is 3.76. The first-order valence-electron chi connectivity index (χ1n) is 5.10. The Kier molecular flexibility index (Phi) is 7.36. The Morgan fingerprint density at radius 1 is 1.38 bits per heavy atom. The molecule has 0 radical (unpaired) electrons. The standard InChI is InChI=1S/C11H22N2/c1-4-6-11(9-10(2)3)13-8-5-7-12/h5,7-8,10-11H,4,6,9,12H2,1-3H3/b7-5-,13-8?. The van der Waals surface area contributed by atoms with Crippen LogP contribution in [-0.4, -0.2) is 12.3 Å². The molecule has 0 aliphatic rings. The highest BCUT2D eigenvalue weighted by molar-refractivity contribution is 5.70. The normalized spacial score (nSPS) is 14.8. The van der Waals surface area contributed by atoms with E-state index in [0.29, 0.717) is 6.04 Å². The van der Waals surface area contributed by atoms with Crippen LogP contribution < -0.4 is 5.73 Å². The lowest BCUT2D eigenvalue weighted by atomic mass is 10.0. The van der Waals surface area contributed by atoms with Gasteiger partial charge in [0.15, 0.2) is 0 Å². The molecule has 0 rings (SSSR count). The zero-order valence-corrected chi connectivity index (χ0v) is 9.03. The van der Waals surface area contributed by atoms with Gasteiger partial charge in [0.1, 0.15) is 0 Å². The van der Waals surface area contributed by atoms with Gasteiger partial charge in [-0.15, -0.1) is 0 Å². The summed E-state index contributed by atoms with van der Waals surface area (Å²) in [7, 11) is 0. The summed E-state index contributed by atoms with van der Waals surface area (Å²) >= 11 is 0. The van der Waals surface area contributed by atoms with Crippen LogP contribution in [-0.2, 0) is 0 Å². The second-order valence-corrected chi connectivity index (χ2v) is 3.76. The third-order valence-corrected chi connectivity index (χ3v) is 1.86. The van der Waals surface area contributed by atoms with E-state index in [-0.39, 0.29) is 0 Å². The maximum Gasteiger partial charge on any atom is 0.0501 e. The van der Waals surface area contributed by atoms with Gasteiger partial charge in [-0.05, 0) is 31.0 Å². The molecule has 1 atom stereocenters. The van der Waals surface area contributed by atoms with Gasteiger partial charge in [-0.25, -0.2) is 0 Å². The van der Waals surface area contributed by atoms with Gasteiger partial charge in [0.2, 0.25) is 0 Å². The maximum atomic E-state index is 5.22. The van der Waals surface area contributed by atoms with Crippen LogP contribution in [0.4, 0.5) is 0 Å². The van der Waals surface area contributed by atoms with Crippen LogP contribution in [0.25, 0.3) is 0 Å². The Morgan fingerprint density at radius 3 is 2.54 bits per heavy atom. The van der Waals surface area contributed by atoms with Crippen molar-refractivity contribution >= 4 is 6.21 Å². The number of hydrogen-bond acceptors (Lipinski definition) is 2. The van der Waals surface area contributed by atoms with Gasteiger partial charge in [0.05, 0.1) is 6.04 Å². The van der Waals surface area contributed by atoms with Crippen LogP contribution in [0.3, 0.4) is 0 Å².